The highest BCUT2D eigenvalue weighted by Gasteiger charge is 2.11. The summed E-state index contributed by atoms with van der Waals surface area (Å²) in [5, 5.41) is 7.44. The minimum atomic E-state index is -0.168. The van der Waals surface area contributed by atoms with Gasteiger partial charge in [0.15, 0.2) is 5.76 Å². The zero-order valence-electron chi connectivity index (χ0n) is 18.2. The van der Waals surface area contributed by atoms with Gasteiger partial charge < -0.3 is 19.3 Å². The Labute approximate surface area is 196 Å². The molecule has 2 heterocycles. The van der Waals surface area contributed by atoms with E-state index in [9.17, 15) is 4.79 Å². The molecule has 0 saturated carbocycles. The molecule has 0 saturated heterocycles. The zero-order valence-corrected chi connectivity index (χ0v) is 18.9. The first-order valence-corrected chi connectivity index (χ1v) is 10.6. The van der Waals surface area contributed by atoms with Crippen molar-refractivity contribution in [3.63, 3.8) is 0 Å². The van der Waals surface area contributed by atoms with Gasteiger partial charge in [-0.15, -0.1) is 0 Å². The van der Waals surface area contributed by atoms with Crippen molar-refractivity contribution in [2.75, 3.05) is 12.4 Å². The second-order valence-electron chi connectivity index (χ2n) is 7.41. The van der Waals surface area contributed by atoms with Crippen LogP contribution in [0, 0.1) is 6.92 Å². The SMILES string of the molecule is COc1ccc(-c2cc(COc3cc(Cl)cc(CC(=O)Nc4cnccc4C)c3)on2)cc1. The molecule has 4 aromatic rings. The van der Waals surface area contributed by atoms with Gasteiger partial charge in [-0.2, -0.15) is 0 Å². The van der Waals surface area contributed by atoms with Crippen LogP contribution < -0.4 is 14.8 Å². The Morgan fingerprint density at radius 1 is 1.09 bits per heavy atom. The van der Waals surface area contributed by atoms with Gasteiger partial charge in [0.1, 0.15) is 23.8 Å². The van der Waals surface area contributed by atoms with Gasteiger partial charge in [0.05, 0.1) is 25.4 Å². The number of halogens is 1. The van der Waals surface area contributed by atoms with Crippen molar-refractivity contribution in [2.24, 2.45) is 0 Å². The monoisotopic (exact) mass is 463 g/mol. The van der Waals surface area contributed by atoms with Crippen molar-refractivity contribution in [2.45, 2.75) is 20.0 Å². The molecular weight excluding hydrogens is 442 g/mol. The van der Waals surface area contributed by atoms with Crippen LogP contribution in [0.3, 0.4) is 0 Å². The second-order valence-corrected chi connectivity index (χ2v) is 7.84. The summed E-state index contributed by atoms with van der Waals surface area (Å²) in [5.41, 5.74) is 3.96. The maximum Gasteiger partial charge on any atom is 0.228 e. The number of anilines is 1. The number of hydrogen-bond donors (Lipinski definition) is 1. The molecule has 0 aliphatic rings. The molecule has 1 amide bonds. The largest absolute Gasteiger partial charge is 0.497 e. The van der Waals surface area contributed by atoms with Crippen LogP contribution in [-0.4, -0.2) is 23.2 Å². The topological polar surface area (TPSA) is 86.5 Å². The summed E-state index contributed by atoms with van der Waals surface area (Å²) < 4.78 is 16.4. The van der Waals surface area contributed by atoms with Crippen molar-refractivity contribution in [3.05, 3.63) is 88.9 Å². The number of amides is 1. The third-order valence-electron chi connectivity index (χ3n) is 4.93. The number of nitrogens with one attached hydrogen (secondary N) is 1. The quantitative estimate of drug-likeness (QED) is 0.373. The molecule has 0 aliphatic heterocycles. The number of rotatable bonds is 8. The Morgan fingerprint density at radius 3 is 2.67 bits per heavy atom. The highest BCUT2D eigenvalue weighted by molar-refractivity contribution is 6.30. The maximum atomic E-state index is 12.5. The number of aryl methyl sites for hydroxylation is 1. The van der Waals surface area contributed by atoms with E-state index >= 15 is 0 Å². The first kappa shape index (κ1) is 22.4. The van der Waals surface area contributed by atoms with Crippen molar-refractivity contribution in [3.8, 4) is 22.8 Å². The molecule has 2 aromatic carbocycles. The summed E-state index contributed by atoms with van der Waals surface area (Å²) in [6, 6.07) is 16.4. The van der Waals surface area contributed by atoms with E-state index in [0.717, 1.165) is 22.4 Å². The fraction of sp³-hybridized carbons (Fsp3) is 0.160. The van der Waals surface area contributed by atoms with Crippen LogP contribution in [0.2, 0.25) is 5.02 Å². The Kier molecular flexibility index (Phi) is 6.90. The Morgan fingerprint density at radius 2 is 1.91 bits per heavy atom. The van der Waals surface area contributed by atoms with Gasteiger partial charge in [-0.1, -0.05) is 16.8 Å². The fourth-order valence-corrected chi connectivity index (χ4v) is 3.46. The minimum Gasteiger partial charge on any atom is -0.497 e. The number of carbonyl (C=O) groups is 1. The second kappa shape index (κ2) is 10.2. The normalized spacial score (nSPS) is 10.6. The van der Waals surface area contributed by atoms with Crippen LogP contribution >= 0.6 is 11.6 Å². The van der Waals surface area contributed by atoms with Gasteiger partial charge in [-0.3, -0.25) is 9.78 Å². The highest BCUT2D eigenvalue weighted by Crippen LogP contribution is 2.25. The van der Waals surface area contributed by atoms with E-state index in [0.29, 0.717) is 27.9 Å². The highest BCUT2D eigenvalue weighted by atomic mass is 35.5. The first-order chi connectivity index (χ1) is 16.0. The lowest BCUT2D eigenvalue weighted by molar-refractivity contribution is -0.115. The smallest absolute Gasteiger partial charge is 0.228 e. The Balaban J connectivity index is 1.38. The molecule has 33 heavy (non-hydrogen) atoms. The summed E-state index contributed by atoms with van der Waals surface area (Å²) in [5.74, 6) is 1.70. The molecule has 0 fully saturated rings. The molecule has 168 valence electrons. The van der Waals surface area contributed by atoms with Crippen LogP contribution in [0.4, 0.5) is 5.69 Å². The number of benzene rings is 2. The fourth-order valence-electron chi connectivity index (χ4n) is 3.21. The van der Waals surface area contributed by atoms with E-state index < -0.39 is 0 Å². The molecular formula is C25H22ClN3O4. The van der Waals surface area contributed by atoms with Crippen molar-refractivity contribution >= 4 is 23.2 Å². The van der Waals surface area contributed by atoms with E-state index in [1.54, 1.807) is 37.7 Å². The van der Waals surface area contributed by atoms with Gasteiger partial charge in [0, 0.05) is 22.8 Å². The van der Waals surface area contributed by atoms with Crippen molar-refractivity contribution in [1.82, 2.24) is 10.1 Å². The van der Waals surface area contributed by atoms with Gasteiger partial charge in [0.2, 0.25) is 5.91 Å². The number of nitrogens with zero attached hydrogens (tertiary/aromatic N) is 2. The predicted molar refractivity (Wildman–Crippen MR) is 126 cm³/mol. The third-order valence-corrected chi connectivity index (χ3v) is 5.15. The number of hydrogen-bond acceptors (Lipinski definition) is 6. The van der Waals surface area contributed by atoms with Crippen molar-refractivity contribution < 1.29 is 18.8 Å². The van der Waals surface area contributed by atoms with Crippen molar-refractivity contribution in [1.29, 1.82) is 0 Å². The molecule has 0 aliphatic carbocycles. The lowest BCUT2D eigenvalue weighted by Crippen LogP contribution is -2.15. The number of carbonyl (C=O) groups excluding carboxylic acids is 1. The number of pyridine rings is 1. The molecule has 0 unspecified atom stereocenters. The molecule has 8 heteroatoms. The average Bonchev–Trinajstić information content (AvgIpc) is 3.28. The van der Waals surface area contributed by atoms with Gasteiger partial charge >= 0.3 is 0 Å². The average molecular weight is 464 g/mol. The van der Waals surface area contributed by atoms with E-state index in [1.807, 2.05) is 43.3 Å². The molecule has 4 rings (SSSR count). The molecule has 0 bridgehead atoms. The summed E-state index contributed by atoms with van der Waals surface area (Å²) in [4.78, 5) is 16.5. The van der Waals surface area contributed by atoms with E-state index in [2.05, 4.69) is 15.5 Å². The molecule has 0 atom stereocenters. The molecule has 7 nitrogen and oxygen atoms in total. The Hall–Kier alpha value is -3.84. The van der Waals surface area contributed by atoms with Crippen LogP contribution in [0.15, 0.2) is 71.5 Å². The third kappa shape index (κ3) is 5.90. The van der Waals surface area contributed by atoms with Gasteiger partial charge in [0.25, 0.3) is 0 Å². The summed E-state index contributed by atoms with van der Waals surface area (Å²) in [6.45, 7) is 2.08. The maximum absolute atomic E-state index is 12.5. The molecule has 2 aromatic heterocycles. The number of ether oxygens (including phenoxy) is 2. The number of aromatic nitrogens is 2. The Bertz CT molecular complexity index is 1250. The van der Waals surface area contributed by atoms with E-state index in [1.165, 1.54) is 0 Å². The molecule has 0 radical (unpaired) electrons. The van der Waals surface area contributed by atoms with Crippen LogP contribution in [0.5, 0.6) is 11.5 Å². The van der Waals surface area contributed by atoms with Gasteiger partial charge in [-0.05, 0) is 66.6 Å². The minimum absolute atomic E-state index is 0.148. The van der Waals surface area contributed by atoms with Crippen LogP contribution in [0.1, 0.15) is 16.9 Å². The first-order valence-electron chi connectivity index (χ1n) is 10.2. The molecule has 0 spiro atoms. The number of methoxy groups -OCH3 is 1. The molecule has 1 N–H and O–H groups in total. The van der Waals surface area contributed by atoms with Gasteiger partial charge in [-0.25, -0.2) is 0 Å². The predicted octanol–water partition coefficient (Wildman–Crippen LogP) is 5.47. The summed E-state index contributed by atoms with van der Waals surface area (Å²) in [6.07, 6.45) is 3.45. The van der Waals surface area contributed by atoms with Crippen LogP contribution in [0.25, 0.3) is 11.3 Å². The lowest BCUT2D eigenvalue weighted by Gasteiger charge is -2.10. The van der Waals surface area contributed by atoms with E-state index in [-0.39, 0.29) is 18.9 Å². The van der Waals surface area contributed by atoms with Crippen LogP contribution in [-0.2, 0) is 17.8 Å². The summed E-state index contributed by atoms with van der Waals surface area (Å²) in [7, 11) is 1.62. The lowest BCUT2D eigenvalue weighted by atomic mass is 10.1. The zero-order chi connectivity index (χ0) is 23.2. The standard InChI is InChI=1S/C25H22ClN3O4/c1-16-7-8-27-14-24(16)28-25(30)11-17-9-19(26)12-21(10-17)32-15-22-13-23(29-33-22)18-3-5-20(31-2)6-4-18/h3-10,12-14H,11,15H2,1-2H3,(H,28,30). The van der Waals surface area contributed by atoms with E-state index in [4.69, 9.17) is 25.6 Å². The summed E-state index contributed by atoms with van der Waals surface area (Å²) >= 11 is 6.24.